The standard InChI is InChI=1S/C22H18ClNO3/c1-13-11-17(20(26-2)12-16(13)23)24-22(25)21-14-7-3-5-9-18(14)27-19-10-6-4-8-15(19)21/h3-12,21H,1-2H3,(H,24,25). The van der Waals surface area contributed by atoms with Crippen molar-refractivity contribution in [1.82, 2.24) is 0 Å². The molecule has 0 saturated carbocycles. The van der Waals surface area contributed by atoms with Crippen LogP contribution in [0.1, 0.15) is 22.6 Å². The Morgan fingerprint density at radius 3 is 2.22 bits per heavy atom. The predicted molar refractivity (Wildman–Crippen MR) is 106 cm³/mol. The van der Waals surface area contributed by atoms with E-state index in [9.17, 15) is 4.79 Å². The van der Waals surface area contributed by atoms with Crippen molar-refractivity contribution in [2.24, 2.45) is 0 Å². The second-order valence-electron chi connectivity index (χ2n) is 6.40. The van der Waals surface area contributed by atoms with Gasteiger partial charge in [0.15, 0.2) is 0 Å². The lowest BCUT2D eigenvalue weighted by Crippen LogP contribution is -2.25. The number of nitrogens with one attached hydrogen (secondary N) is 1. The lowest BCUT2D eigenvalue weighted by Gasteiger charge is -2.27. The number of carbonyl (C=O) groups is 1. The molecule has 0 saturated heterocycles. The first-order chi connectivity index (χ1) is 13.1. The van der Waals surface area contributed by atoms with Gasteiger partial charge in [-0.2, -0.15) is 0 Å². The quantitative estimate of drug-likeness (QED) is 0.650. The van der Waals surface area contributed by atoms with Gasteiger partial charge in [-0.3, -0.25) is 4.79 Å². The summed E-state index contributed by atoms with van der Waals surface area (Å²) in [5.74, 6) is 1.27. The van der Waals surface area contributed by atoms with Crippen molar-refractivity contribution in [2.75, 3.05) is 12.4 Å². The van der Waals surface area contributed by atoms with Gasteiger partial charge >= 0.3 is 0 Å². The van der Waals surface area contributed by atoms with Gasteiger partial charge in [-0.25, -0.2) is 0 Å². The number of methoxy groups -OCH3 is 1. The number of rotatable bonds is 3. The SMILES string of the molecule is COc1cc(Cl)c(C)cc1NC(=O)C1c2ccccc2Oc2ccccc21. The Balaban J connectivity index is 1.76. The van der Waals surface area contributed by atoms with Gasteiger partial charge in [-0.05, 0) is 30.7 Å². The number of amides is 1. The Hall–Kier alpha value is -2.98. The summed E-state index contributed by atoms with van der Waals surface area (Å²) in [6, 6.07) is 18.7. The highest BCUT2D eigenvalue weighted by Crippen LogP contribution is 2.44. The third kappa shape index (κ3) is 3.13. The van der Waals surface area contributed by atoms with Gasteiger partial charge in [-0.15, -0.1) is 0 Å². The number of ether oxygens (including phenoxy) is 2. The summed E-state index contributed by atoms with van der Waals surface area (Å²) in [5, 5.41) is 3.59. The highest BCUT2D eigenvalue weighted by atomic mass is 35.5. The molecule has 27 heavy (non-hydrogen) atoms. The van der Waals surface area contributed by atoms with E-state index >= 15 is 0 Å². The normalized spacial score (nSPS) is 12.6. The van der Waals surface area contributed by atoms with E-state index in [2.05, 4.69) is 5.32 Å². The fraction of sp³-hybridized carbons (Fsp3) is 0.136. The van der Waals surface area contributed by atoms with Crippen LogP contribution < -0.4 is 14.8 Å². The topological polar surface area (TPSA) is 47.6 Å². The zero-order chi connectivity index (χ0) is 19.0. The number of fused-ring (bicyclic) bond motifs is 2. The van der Waals surface area contributed by atoms with E-state index in [1.807, 2.05) is 61.5 Å². The molecule has 0 aliphatic carbocycles. The molecule has 0 bridgehead atoms. The predicted octanol–water partition coefficient (Wildman–Crippen LogP) is 5.53. The highest BCUT2D eigenvalue weighted by molar-refractivity contribution is 6.31. The maximum absolute atomic E-state index is 13.3. The zero-order valence-electron chi connectivity index (χ0n) is 15.0. The minimum Gasteiger partial charge on any atom is -0.495 e. The lowest BCUT2D eigenvalue weighted by molar-refractivity contribution is -0.116. The van der Waals surface area contributed by atoms with E-state index in [1.165, 1.54) is 0 Å². The summed E-state index contributed by atoms with van der Waals surface area (Å²) in [6.07, 6.45) is 0. The number of benzene rings is 3. The molecule has 4 rings (SSSR count). The average molecular weight is 380 g/mol. The molecule has 1 amide bonds. The van der Waals surface area contributed by atoms with E-state index in [0.717, 1.165) is 16.7 Å². The summed E-state index contributed by atoms with van der Waals surface area (Å²) in [7, 11) is 1.55. The molecule has 0 spiro atoms. The number of para-hydroxylation sites is 2. The average Bonchev–Trinajstić information content (AvgIpc) is 2.68. The Bertz CT molecular complexity index is 986. The van der Waals surface area contributed by atoms with E-state index in [1.54, 1.807) is 13.2 Å². The monoisotopic (exact) mass is 379 g/mol. The maximum Gasteiger partial charge on any atom is 0.236 e. The third-order valence-corrected chi connectivity index (χ3v) is 5.09. The largest absolute Gasteiger partial charge is 0.495 e. The summed E-state index contributed by atoms with van der Waals surface area (Å²) in [4.78, 5) is 13.3. The lowest BCUT2D eigenvalue weighted by atomic mass is 9.87. The number of halogens is 1. The van der Waals surface area contributed by atoms with E-state index < -0.39 is 5.92 Å². The molecule has 3 aromatic rings. The van der Waals surface area contributed by atoms with Crippen LogP contribution in [0.4, 0.5) is 5.69 Å². The zero-order valence-corrected chi connectivity index (χ0v) is 15.7. The highest BCUT2D eigenvalue weighted by Gasteiger charge is 2.32. The first-order valence-electron chi connectivity index (χ1n) is 8.59. The fourth-order valence-electron chi connectivity index (χ4n) is 3.33. The molecule has 0 aromatic heterocycles. The van der Waals surface area contributed by atoms with Crippen LogP contribution in [0.5, 0.6) is 17.2 Å². The Morgan fingerprint density at radius 1 is 1.04 bits per heavy atom. The van der Waals surface area contributed by atoms with Crippen LogP contribution in [0, 0.1) is 6.92 Å². The molecule has 0 atom stereocenters. The molecule has 1 aliphatic heterocycles. The van der Waals surface area contributed by atoms with Crippen LogP contribution in [0.15, 0.2) is 60.7 Å². The Labute approximate surface area is 162 Å². The second-order valence-corrected chi connectivity index (χ2v) is 6.81. The molecule has 0 unspecified atom stereocenters. The first-order valence-corrected chi connectivity index (χ1v) is 8.97. The Kier molecular flexibility index (Phi) is 4.50. The first kappa shape index (κ1) is 17.4. The summed E-state index contributed by atoms with van der Waals surface area (Å²) >= 11 is 6.17. The molecular weight excluding hydrogens is 362 g/mol. The third-order valence-electron chi connectivity index (χ3n) is 4.68. The smallest absolute Gasteiger partial charge is 0.236 e. The van der Waals surface area contributed by atoms with Gasteiger partial charge in [0, 0.05) is 22.2 Å². The van der Waals surface area contributed by atoms with E-state index in [4.69, 9.17) is 21.1 Å². The van der Waals surface area contributed by atoms with Crippen molar-refractivity contribution in [1.29, 1.82) is 0 Å². The molecule has 1 aliphatic rings. The molecule has 1 heterocycles. The van der Waals surface area contributed by atoms with Crippen molar-refractivity contribution in [2.45, 2.75) is 12.8 Å². The van der Waals surface area contributed by atoms with Crippen LogP contribution >= 0.6 is 11.6 Å². The molecule has 136 valence electrons. The molecule has 1 N–H and O–H groups in total. The van der Waals surface area contributed by atoms with Gasteiger partial charge < -0.3 is 14.8 Å². The molecule has 0 fully saturated rings. The number of hydrogen-bond acceptors (Lipinski definition) is 3. The van der Waals surface area contributed by atoms with Crippen molar-refractivity contribution in [3.8, 4) is 17.2 Å². The van der Waals surface area contributed by atoms with Gasteiger partial charge in [0.1, 0.15) is 17.2 Å². The number of hydrogen-bond donors (Lipinski definition) is 1. The number of anilines is 1. The van der Waals surface area contributed by atoms with Gasteiger partial charge in [0.25, 0.3) is 0 Å². The van der Waals surface area contributed by atoms with Crippen LogP contribution in [0.2, 0.25) is 5.02 Å². The summed E-state index contributed by atoms with van der Waals surface area (Å²) in [6.45, 7) is 1.89. The summed E-state index contributed by atoms with van der Waals surface area (Å²) < 4.78 is 11.4. The second kappa shape index (κ2) is 6.97. The van der Waals surface area contributed by atoms with E-state index in [0.29, 0.717) is 28.0 Å². The van der Waals surface area contributed by atoms with Crippen LogP contribution in [-0.2, 0) is 4.79 Å². The molecule has 3 aromatic carbocycles. The number of aryl methyl sites for hydroxylation is 1. The molecular formula is C22H18ClNO3. The van der Waals surface area contributed by atoms with Crippen LogP contribution in [0.25, 0.3) is 0 Å². The van der Waals surface area contributed by atoms with Gasteiger partial charge in [0.2, 0.25) is 5.91 Å². The minimum atomic E-state index is -0.480. The van der Waals surface area contributed by atoms with Crippen molar-refractivity contribution in [3.05, 3.63) is 82.4 Å². The van der Waals surface area contributed by atoms with Crippen LogP contribution in [0.3, 0.4) is 0 Å². The summed E-state index contributed by atoms with van der Waals surface area (Å²) in [5.41, 5.74) is 3.11. The number of carbonyl (C=O) groups excluding carboxylic acids is 1. The van der Waals surface area contributed by atoms with Crippen molar-refractivity contribution < 1.29 is 14.3 Å². The van der Waals surface area contributed by atoms with Crippen LogP contribution in [-0.4, -0.2) is 13.0 Å². The minimum absolute atomic E-state index is 0.154. The molecule has 5 heteroatoms. The molecule has 0 radical (unpaired) electrons. The molecule has 4 nitrogen and oxygen atoms in total. The Morgan fingerprint density at radius 2 is 1.63 bits per heavy atom. The van der Waals surface area contributed by atoms with E-state index in [-0.39, 0.29) is 5.91 Å². The van der Waals surface area contributed by atoms with Gasteiger partial charge in [-0.1, -0.05) is 48.0 Å². The van der Waals surface area contributed by atoms with Crippen molar-refractivity contribution >= 4 is 23.2 Å². The fourth-order valence-corrected chi connectivity index (χ4v) is 3.48. The van der Waals surface area contributed by atoms with Gasteiger partial charge in [0.05, 0.1) is 18.7 Å². The van der Waals surface area contributed by atoms with Crippen molar-refractivity contribution in [3.63, 3.8) is 0 Å². The maximum atomic E-state index is 13.3.